The van der Waals surface area contributed by atoms with E-state index in [-0.39, 0.29) is 40.9 Å². The maximum Gasteiger partial charge on any atom is 0.337 e. The van der Waals surface area contributed by atoms with E-state index in [9.17, 15) is 19.5 Å². The first-order valence-corrected chi connectivity index (χ1v) is 9.20. The number of aliphatic hydroxyl groups is 1. The van der Waals surface area contributed by atoms with Gasteiger partial charge in [0, 0.05) is 11.6 Å². The van der Waals surface area contributed by atoms with Crippen molar-refractivity contribution >= 4 is 34.4 Å². The number of carbonyl (C=O) groups is 2. The standard InChI is InChI=1S/C21H16ClNO6/c1-28-21(27)12-4-2-11(3-5-12)17-16-18(25)14-10-13(22)6-7-15(14)29-19(16)20(26)23(17)8-9-24/h2-7,10,17,24H,8-9H2,1H3/t17-/m1/s1. The van der Waals surface area contributed by atoms with Crippen molar-refractivity contribution in [3.63, 3.8) is 0 Å². The number of methoxy groups -OCH3 is 1. The van der Waals surface area contributed by atoms with Crippen LogP contribution in [-0.2, 0) is 4.74 Å². The van der Waals surface area contributed by atoms with Crippen molar-refractivity contribution in [3.8, 4) is 0 Å². The quantitative estimate of drug-likeness (QED) is 0.660. The Morgan fingerprint density at radius 1 is 1.21 bits per heavy atom. The summed E-state index contributed by atoms with van der Waals surface area (Å²) in [5.74, 6) is -1.03. The molecule has 2 heterocycles. The molecule has 148 valence electrons. The highest BCUT2D eigenvalue weighted by atomic mass is 35.5. The fourth-order valence-corrected chi connectivity index (χ4v) is 3.77. The first kappa shape index (κ1) is 19.2. The molecule has 4 rings (SSSR count). The highest BCUT2D eigenvalue weighted by molar-refractivity contribution is 6.31. The fourth-order valence-electron chi connectivity index (χ4n) is 3.60. The summed E-state index contributed by atoms with van der Waals surface area (Å²) in [6, 6.07) is 10.3. The van der Waals surface area contributed by atoms with Crippen LogP contribution in [0.2, 0.25) is 5.02 Å². The number of fused-ring (bicyclic) bond motifs is 2. The van der Waals surface area contributed by atoms with Gasteiger partial charge in [-0.25, -0.2) is 4.79 Å². The molecule has 0 radical (unpaired) electrons. The van der Waals surface area contributed by atoms with Gasteiger partial charge in [0.2, 0.25) is 5.76 Å². The zero-order chi connectivity index (χ0) is 20.7. The summed E-state index contributed by atoms with van der Waals surface area (Å²) in [5.41, 5.74) is 1.03. The number of ether oxygens (including phenoxy) is 1. The topological polar surface area (TPSA) is 97.0 Å². The number of nitrogens with zero attached hydrogens (tertiary/aromatic N) is 1. The van der Waals surface area contributed by atoms with E-state index >= 15 is 0 Å². The highest BCUT2D eigenvalue weighted by Gasteiger charge is 2.42. The minimum atomic E-state index is -0.754. The van der Waals surface area contributed by atoms with Gasteiger partial charge in [-0.2, -0.15) is 0 Å². The first-order valence-electron chi connectivity index (χ1n) is 8.82. The van der Waals surface area contributed by atoms with Gasteiger partial charge < -0.3 is 19.2 Å². The van der Waals surface area contributed by atoms with Crippen molar-refractivity contribution in [1.82, 2.24) is 4.90 Å². The van der Waals surface area contributed by atoms with Crippen LogP contribution < -0.4 is 5.43 Å². The van der Waals surface area contributed by atoms with Crippen molar-refractivity contribution in [2.45, 2.75) is 6.04 Å². The van der Waals surface area contributed by atoms with Gasteiger partial charge in [0.25, 0.3) is 5.91 Å². The summed E-state index contributed by atoms with van der Waals surface area (Å²) in [4.78, 5) is 39.3. The molecule has 0 saturated carbocycles. The van der Waals surface area contributed by atoms with E-state index in [0.717, 1.165) is 0 Å². The minimum absolute atomic E-state index is 0.0169. The van der Waals surface area contributed by atoms with Crippen molar-refractivity contribution < 1.29 is 23.8 Å². The molecule has 7 nitrogen and oxygen atoms in total. The van der Waals surface area contributed by atoms with E-state index in [4.69, 9.17) is 20.8 Å². The molecule has 2 aromatic carbocycles. The maximum absolute atomic E-state index is 13.2. The Morgan fingerprint density at radius 2 is 1.93 bits per heavy atom. The number of hydrogen-bond acceptors (Lipinski definition) is 6. The van der Waals surface area contributed by atoms with Gasteiger partial charge in [-0.05, 0) is 35.9 Å². The minimum Gasteiger partial charge on any atom is -0.465 e. The molecular formula is C21H16ClNO6. The Kier molecular flexibility index (Phi) is 4.86. The van der Waals surface area contributed by atoms with Crippen LogP contribution in [0.3, 0.4) is 0 Å². The molecular weight excluding hydrogens is 398 g/mol. The molecule has 29 heavy (non-hydrogen) atoms. The average molecular weight is 414 g/mol. The summed E-state index contributed by atoms with van der Waals surface area (Å²) in [6.45, 7) is -0.265. The molecule has 1 N–H and O–H groups in total. The summed E-state index contributed by atoms with van der Waals surface area (Å²) < 4.78 is 10.5. The summed E-state index contributed by atoms with van der Waals surface area (Å²) in [7, 11) is 1.28. The lowest BCUT2D eigenvalue weighted by atomic mass is 9.97. The highest BCUT2D eigenvalue weighted by Crippen LogP contribution is 2.38. The Morgan fingerprint density at radius 3 is 2.59 bits per heavy atom. The van der Waals surface area contributed by atoms with Crippen molar-refractivity contribution in [3.05, 3.63) is 80.2 Å². The van der Waals surface area contributed by atoms with E-state index in [1.54, 1.807) is 36.4 Å². The van der Waals surface area contributed by atoms with Gasteiger partial charge in [0.15, 0.2) is 5.43 Å². The van der Waals surface area contributed by atoms with Gasteiger partial charge in [-0.1, -0.05) is 23.7 Å². The smallest absolute Gasteiger partial charge is 0.337 e. The van der Waals surface area contributed by atoms with Crippen LogP contribution >= 0.6 is 11.6 Å². The van der Waals surface area contributed by atoms with Gasteiger partial charge in [0.1, 0.15) is 5.58 Å². The van der Waals surface area contributed by atoms with Gasteiger partial charge in [-0.3, -0.25) is 9.59 Å². The van der Waals surface area contributed by atoms with Gasteiger partial charge in [0.05, 0.1) is 36.3 Å². The molecule has 1 aliphatic rings. The van der Waals surface area contributed by atoms with Crippen LogP contribution in [0.5, 0.6) is 0 Å². The fraction of sp³-hybridized carbons (Fsp3) is 0.190. The summed E-state index contributed by atoms with van der Waals surface area (Å²) in [6.07, 6.45) is 0. The molecule has 0 bridgehead atoms. The van der Waals surface area contributed by atoms with E-state index in [2.05, 4.69) is 0 Å². The third-order valence-electron chi connectivity index (χ3n) is 4.92. The molecule has 0 aliphatic carbocycles. The number of aliphatic hydroxyl groups excluding tert-OH is 1. The van der Waals surface area contributed by atoms with E-state index in [1.807, 2.05) is 0 Å². The van der Waals surface area contributed by atoms with Crippen LogP contribution in [0, 0.1) is 0 Å². The summed E-state index contributed by atoms with van der Waals surface area (Å²) >= 11 is 6.03. The van der Waals surface area contributed by atoms with Crippen LogP contribution in [0.1, 0.15) is 38.1 Å². The molecule has 8 heteroatoms. The van der Waals surface area contributed by atoms with Crippen molar-refractivity contribution in [1.29, 1.82) is 0 Å². The second-order valence-electron chi connectivity index (χ2n) is 6.55. The van der Waals surface area contributed by atoms with E-state index < -0.39 is 17.9 Å². The van der Waals surface area contributed by atoms with Crippen molar-refractivity contribution in [2.24, 2.45) is 0 Å². The normalized spacial score (nSPS) is 15.6. The zero-order valence-electron chi connectivity index (χ0n) is 15.3. The Hall–Kier alpha value is -3.16. The van der Waals surface area contributed by atoms with Gasteiger partial charge in [-0.15, -0.1) is 0 Å². The molecule has 0 unspecified atom stereocenters. The monoisotopic (exact) mass is 413 g/mol. The largest absolute Gasteiger partial charge is 0.465 e. The Bertz CT molecular complexity index is 1180. The van der Waals surface area contributed by atoms with Crippen molar-refractivity contribution in [2.75, 3.05) is 20.3 Å². The number of amides is 1. The van der Waals surface area contributed by atoms with E-state index in [1.165, 1.54) is 18.1 Å². The molecule has 0 spiro atoms. The lowest BCUT2D eigenvalue weighted by Crippen LogP contribution is -2.32. The number of benzene rings is 2. The van der Waals surface area contributed by atoms with Crippen LogP contribution in [0.15, 0.2) is 51.7 Å². The Labute approximate surface area is 170 Å². The zero-order valence-corrected chi connectivity index (χ0v) is 16.1. The van der Waals surface area contributed by atoms with E-state index in [0.29, 0.717) is 16.1 Å². The lowest BCUT2D eigenvalue weighted by molar-refractivity contribution is 0.0599. The number of rotatable bonds is 4. The van der Waals surface area contributed by atoms with Crippen LogP contribution in [0.25, 0.3) is 11.0 Å². The number of carbonyl (C=O) groups excluding carboxylic acids is 2. The molecule has 0 fully saturated rings. The number of β-amino-alcohol motifs (C(OH)–C–C–N with tert-alkyl or cyclic N) is 1. The molecule has 1 amide bonds. The second kappa shape index (κ2) is 7.35. The first-order chi connectivity index (χ1) is 14.0. The third-order valence-corrected chi connectivity index (χ3v) is 5.15. The van der Waals surface area contributed by atoms with Crippen LogP contribution in [0.4, 0.5) is 0 Å². The lowest BCUT2D eigenvalue weighted by Gasteiger charge is -2.24. The number of hydrogen-bond donors (Lipinski definition) is 1. The van der Waals surface area contributed by atoms with Gasteiger partial charge >= 0.3 is 5.97 Å². The Balaban J connectivity index is 1.92. The van der Waals surface area contributed by atoms with Crippen LogP contribution in [-0.4, -0.2) is 42.1 Å². The average Bonchev–Trinajstić information content (AvgIpc) is 3.01. The third kappa shape index (κ3) is 3.08. The second-order valence-corrected chi connectivity index (χ2v) is 6.99. The molecule has 1 atom stereocenters. The predicted molar refractivity (Wildman–Crippen MR) is 105 cm³/mol. The molecule has 3 aromatic rings. The number of esters is 1. The predicted octanol–water partition coefficient (Wildman–Crippen LogP) is 2.77. The maximum atomic E-state index is 13.2. The summed E-state index contributed by atoms with van der Waals surface area (Å²) in [5, 5.41) is 10.1. The molecule has 1 aliphatic heterocycles. The molecule has 0 saturated heterocycles. The number of halogens is 1. The SMILES string of the molecule is COC(=O)c1ccc([C@@H]2c3c(oc4ccc(Cl)cc4c3=O)C(=O)N2CCO)cc1. The molecule has 1 aromatic heterocycles.